The number of benzene rings is 1. The number of ether oxygens (including phenoxy) is 1. The lowest BCUT2D eigenvalue weighted by Gasteiger charge is -2.21. The van der Waals surface area contributed by atoms with E-state index in [9.17, 15) is 0 Å². The van der Waals surface area contributed by atoms with Crippen molar-refractivity contribution < 1.29 is 4.74 Å². The Kier molecular flexibility index (Phi) is 4.84. The van der Waals surface area contributed by atoms with E-state index < -0.39 is 0 Å². The third-order valence-electron chi connectivity index (χ3n) is 2.77. The van der Waals surface area contributed by atoms with Crippen LogP contribution in [-0.2, 0) is 0 Å². The van der Waals surface area contributed by atoms with Crippen molar-refractivity contribution in [2.45, 2.75) is 45.3 Å². The molecule has 96 valence electrons. The van der Waals surface area contributed by atoms with E-state index in [-0.39, 0.29) is 18.0 Å². The molecule has 0 aliphatic carbocycles. The molecular weight excluding hydrogens is 234 g/mol. The Hall–Kier alpha value is -0.730. The summed E-state index contributed by atoms with van der Waals surface area (Å²) in [5.41, 5.74) is 1.26. The van der Waals surface area contributed by atoms with Crippen LogP contribution >= 0.6 is 12.4 Å². The van der Waals surface area contributed by atoms with Gasteiger partial charge in [-0.25, -0.2) is 0 Å². The Morgan fingerprint density at radius 3 is 2.29 bits per heavy atom. The van der Waals surface area contributed by atoms with Crippen LogP contribution < -0.4 is 10.1 Å². The number of rotatable bonds is 2. The fourth-order valence-corrected chi connectivity index (χ4v) is 2.09. The van der Waals surface area contributed by atoms with Crippen LogP contribution in [0.2, 0.25) is 0 Å². The summed E-state index contributed by atoms with van der Waals surface area (Å²) in [6, 6.07) is 9.03. The van der Waals surface area contributed by atoms with Crippen molar-refractivity contribution in [3.63, 3.8) is 0 Å². The first kappa shape index (κ1) is 14.3. The first-order chi connectivity index (χ1) is 7.54. The quantitative estimate of drug-likeness (QED) is 0.870. The van der Waals surface area contributed by atoms with Crippen LogP contribution in [-0.4, -0.2) is 12.1 Å². The largest absolute Gasteiger partial charge is 0.488 e. The highest BCUT2D eigenvalue weighted by atomic mass is 35.5. The zero-order valence-electron chi connectivity index (χ0n) is 10.8. The monoisotopic (exact) mass is 255 g/mol. The second kappa shape index (κ2) is 5.74. The van der Waals surface area contributed by atoms with Crippen LogP contribution in [0.3, 0.4) is 0 Å². The molecule has 17 heavy (non-hydrogen) atoms. The highest BCUT2D eigenvalue weighted by Crippen LogP contribution is 2.25. The number of hydrogen-bond acceptors (Lipinski definition) is 2. The van der Waals surface area contributed by atoms with Crippen molar-refractivity contribution in [3.05, 3.63) is 29.8 Å². The lowest BCUT2D eigenvalue weighted by Crippen LogP contribution is -2.23. The molecule has 0 aromatic heterocycles. The average Bonchev–Trinajstić information content (AvgIpc) is 2.69. The topological polar surface area (TPSA) is 21.3 Å². The van der Waals surface area contributed by atoms with Crippen molar-refractivity contribution >= 4 is 12.4 Å². The minimum absolute atomic E-state index is 0. The van der Waals surface area contributed by atoms with Crippen molar-refractivity contribution in [1.82, 2.24) is 5.32 Å². The summed E-state index contributed by atoms with van der Waals surface area (Å²) in [5, 5.41) is 3.50. The third-order valence-corrected chi connectivity index (χ3v) is 2.77. The second-order valence-electron chi connectivity index (χ2n) is 5.43. The summed E-state index contributed by atoms with van der Waals surface area (Å²) in [7, 11) is 0. The molecule has 1 N–H and O–H groups in total. The molecule has 1 aliphatic heterocycles. The molecule has 1 aromatic rings. The minimum atomic E-state index is -0.118. The van der Waals surface area contributed by atoms with Crippen LogP contribution in [0.4, 0.5) is 0 Å². The van der Waals surface area contributed by atoms with Crippen LogP contribution in [0.5, 0.6) is 5.75 Å². The SMILES string of the molecule is CC(C)(C)Oc1ccc([C@@H]2CCCN2)cc1.Cl. The Morgan fingerprint density at radius 1 is 1.18 bits per heavy atom. The lowest BCUT2D eigenvalue weighted by atomic mass is 10.1. The second-order valence-corrected chi connectivity index (χ2v) is 5.43. The summed E-state index contributed by atoms with van der Waals surface area (Å²) in [6.07, 6.45) is 2.53. The van der Waals surface area contributed by atoms with E-state index in [2.05, 4.69) is 50.4 Å². The van der Waals surface area contributed by atoms with Crippen LogP contribution in [0, 0.1) is 0 Å². The van der Waals surface area contributed by atoms with Gasteiger partial charge in [-0.2, -0.15) is 0 Å². The Morgan fingerprint density at radius 2 is 1.82 bits per heavy atom. The molecule has 1 atom stereocenters. The van der Waals surface area contributed by atoms with Gasteiger partial charge in [0.2, 0.25) is 0 Å². The van der Waals surface area contributed by atoms with Crippen molar-refractivity contribution in [2.24, 2.45) is 0 Å². The van der Waals surface area contributed by atoms with Gasteiger partial charge in [0.05, 0.1) is 0 Å². The van der Waals surface area contributed by atoms with Gasteiger partial charge < -0.3 is 10.1 Å². The molecule has 0 unspecified atom stereocenters. The molecule has 1 heterocycles. The Balaban J connectivity index is 0.00000144. The van der Waals surface area contributed by atoms with Gasteiger partial charge in [0.15, 0.2) is 0 Å². The maximum atomic E-state index is 5.80. The molecule has 2 rings (SSSR count). The highest BCUT2D eigenvalue weighted by Gasteiger charge is 2.16. The van der Waals surface area contributed by atoms with E-state index in [1.807, 2.05) is 0 Å². The molecule has 0 spiro atoms. The molecule has 1 aliphatic rings. The summed E-state index contributed by atoms with van der Waals surface area (Å²) in [6.45, 7) is 7.35. The standard InChI is InChI=1S/C14H21NO.ClH/c1-14(2,3)16-12-8-6-11(7-9-12)13-5-4-10-15-13;/h6-9,13,15H,4-5,10H2,1-3H3;1H/t13-;/m0./s1. The first-order valence-corrected chi connectivity index (χ1v) is 6.07. The third kappa shape index (κ3) is 4.21. The average molecular weight is 256 g/mol. The fraction of sp³-hybridized carbons (Fsp3) is 0.571. The molecule has 1 aromatic carbocycles. The van der Waals surface area contributed by atoms with E-state index >= 15 is 0 Å². The Labute approximate surface area is 110 Å². The summed E-state index contributed by atoms with van der Waals surface area (Å²) < 4.78 is 5.80. The van der Waals surface area contributed by atoms with Crippen molar-refractivity contribution in [2.75, 3.05) is 6.54 Å². The molecule has 0 radical (unpaired) electrons. The Bertz CT molecular complexity index is 336. The predicted molar refractivity (Wildman–Crippen MR) is 74.0 cm³/mol. The van der Waals surface area contributed by atoms with Gasteiger partial charge in [-0.1, -0.05) is 12.1 Å². The van der Waals surface area contributed by atoms with Crippen LogP contribution in [0.15, 0.2) is 24.3 Å². The van der Waals surface area contributed by atoms with Gasteiger partial charge in [0, 0.05) is 6.04 Å². The van der Waals surface area contributed by atoms with Crippen molar-refractivity contribution in [1.29, 1.82) is 0 Å². The number of halogens is 1. The summed E-state index contributed by atoms with van der Waals surface area (Å²) in [4.78, 5) is 0. The van der Waals surface area contributed by atoms with Gasteiger partial charge in [0.1, 0.15) is 11.4 Å². The molecular formula is C14H22ClNO. The zero-order valence-corrected chi connectivity index (χ0v) is 11.6. The highest BCUT2D eigenvalue weighted by molar-refractivity contribution is 5.85. The predicted octanol–water partition coefficient (Wildman–Crippen LogP) is 3.71. The van der Waals surface area contributed by atoms with Crippen LogP contribution in [0.1, 0.15) is 45.2 Å². The van der Waals surface area contributed by atoms with E-state index in [0.29, 0.717) is 6.04 Å². The number of nitrogens with one attached hydrogen (secondary N) is 1. The van der Waals surface area contributed by atoms with Gasteiger partial charge in [-0.3, -0.25) is 0 Å². The molecule has 0 amide bonds. The van der Waals surface area contributed by atoms with Gasteiger partial charge in [-0.05, 0) is 57.9 Å². The zero-order chi connectivity index (χ0) is 11.6. The van der Waals surface area contributed by atoms with E-state index in [1.54, 1.807) is 0 Å². The molecule has 1 saturated heterocycles. The first-order valence-electron chi connectivity index (χ1n) is 6.07. The summed E-state index contributed by atoms with van der Waals surface area (Å²) in [5.74, 6) is 0.953. The molecule has 3 heteroatoms. The van der Waals surface area contributed by atoms with E-state index in [4.69, 9.17) is 4.74 Å². The van der Waals surface area contributed by atoms with Gasteiger partial charge >= 0.3 is 0 Å². The van der Waals surface area contributed by atoms with Crippen LogP contribution in [0.25, 0.3) is 0 Å². The molecule has 2 nitrogen and oxygen atoms in total. The van der Waals surface area contributed by atoms with E-state index in [1.165, 1.54) is 18.4 Å². The molecule has 0 bridgehead atoms. The maximum Gasteiger partial charge on any atom is 0.120 e. The minimum Gasteiger partial charge on any atom is -0.488 e. The molecule has 1 fully saturated rings. The fourth-order valence-electron chi connectivity index (χ4n) is 2.09. The van der Waals surface area contributed by atoms with E-state index in [0.717, 1.165) is 12.3 Å². The summed E-state index contributed by atoms with van der Waals surface area (Å²) >= 11 is 0. The van der Waals surface area contributed by atoms with Gasteiger partial charge in [-0.15, -0.1) is 12.4 Å². The normalized spacial score (nSPS) is 19.8. The maximum absolute atomic E-state index is 5.80. The van der Waals surface area contributed by atoms with Gasteiger partial charge in [0.25, 0.3) is 0 Å². The lowest BCUT2D eigenvalue weighted by molar-refractivity contribution is 0.131. The smallest absolute Gasteiger partial charge is 0.120 e. The molecule has 0 saturated carbocycles. The number of hydrogen-bond donors (Lipinski definition) is 1. The van der Waals surface area contributed by atoms with Crippen molar-refractivity contribution in [3.8, 4) is 5.75 Å².